The van der Waals surface area contributed by atoms with Crippen LogP contribution in [-0.2, 0) is 11.3 Å². The Labute approximate surface area is 210 Å². The molecule has 0 aliphatic carbocycles. The number of hydrazone groups is 1. The smallest absolute Gasteiger partial charge is 0.271 e. The molecule has 0 aromatic heterocycles. The summed E-state index contributed by atoms with van der Waals surface area (Å²) in [4.78, 5) is 26.9. The van der Waals surface area contributed by atoms with E-state index in [0.717, 1.165) is 22.4 Å². The third-order valence-electron chi connectivity index (χ3n) is 5.47. The maximum atomic E-state index is 12.5. The molecule has 3 aromatic carbocycles. The summed E-state index contributed by atoms with van der Waals surface area (Å²) in [6, 6.07) is 24.9. The number of nitrogens with zero attached hydrogens (tertiary/aromatic N) is 2. The molecule has 6 nitrogen and oxygen atoms in total. The molecule has 7 heteroatoms. The van der Waals surface area contributed by atoms with E-state index in [9.17, 15) is 9.59 Å². The van der Waals surface area contributed by atoms with E-state index in [4.69, 9.17) is 4.74 Å². The van der Waals surface area contributed by atoms with E-state index >= 15 is 0 Å². The minimum absolute atomic E-state index is 0.0645. The maximum absolute atomic E-state index is 12.5. The van der Waals surface area contributed by atoms with Crippen LogP contribution in [-0.4, -0.2) is 35.3 Å². The van der Waals surface area contributed by atoms with Crippen molar-refractivity contribution in [1.82, 2.24) is 10.3 Å². The predicted molar refractivity (Wildman–Crippen MR) is 140 cm³/mol. The molecule has 0 bridgehead atoms. The van der Waals surface area contributed by atoms with Gasteiger partial charge in [-0.2, -0.15) is 5.10 Å². The Bertz CT molecular complexity index is 1160. The van der Waals surface area contributed by atoms with Crippen LogP contribution in [0.5, 0.6) is 5.75 Å². The highest BCUT2D eigenvalue weighted by Crippen LogP contribution is 2.39. The highest BCUT2D eigenvalue weighted by molar-refractivity contribution is 8.00. The van der Waals surface area contributed by atoms with Crippen LogP contribution in [0.4, 0.5) is 0 Å². The van der Waals surface area contributed by atoms with Gasteiger partial charge in [0.2, 0.25) is 5.91 Å². The molecule has 0 spiro atoms. The van der Waals surface area contributed by atoms with Gasteiger partial charge < -0.3 is 9.64 Å². The van der Waals surface area contributed by atoms with E-state index in [1.165, 1.54) is 0 Å². The highest BCUT2D eigenvalue weighted by Gasteiger charge is 2.32. The summed E-state index contributed by atoms with van der Waals surface area (Å²) in [5.74, 6) is 1.57. The van der Waals surface area contributed by atoms with Gasteiger partial charge >= 0.3 is 0 Å². The molecular weight excluding hydrogens is 458 g/mol. The number of ether oxygens (including phenoxy) is 1. The summed E-state index contributed by atoms with van der Waals surface area (Å²) in [6.07, 6.45) is 1.60. The van der Waals surface area contributed by atoms with Crippen LogP contribution in [0.15, 0.2) is 84.0 Å². The lowest BCUT2D eigenvalue weighted by Crippen LogP contribution is -2.27. The summed E-state index contributed by atoms with van der Waals surface area (Å²) in [5.41, 5.74) is 6.03. The van der Waals surface area contributed by atoms with E-state index in [1.807, 2.05) is 71.6 Å². The van der Waals surface area contributed by atoms with Gasteiger partial charge in [0, 0.05) is 12.1 Å². The Hall–Kier alpha value is -3.58. The summed E-state index contributed by atoms with van der Waals surface area (Å²) >= 11 is 1.61. The fourth-order valence-corrected chi connectivity index (χ4v) is 4.81. The second-order valence-corrected chi connectivity index (χ2v) is 9.83. The lowest BCUT2D eigenvalue weighted by molar-refractivity contribution is -0.128. The zero-order valence-corrected chi connectivity index (χ0v) is 20.7. The topological polar surface area (TPSA) is 71.0 Å². The second kappa shape index (κ2) is 11.7. The van der Waals surface area contributed by atoms with Crippen molar-refractivity contribution in [2.45, 2.75) is 25.8 Å². The van der Waals surface area contributed by atoms with Gasteiger partial charge in [0.05, 0.1) is 18.6 Å². The third kappa shape index (κ3) is 6.73. The summed E-state index contributed by atoms with van der Waals surface area (Å²) in [5, 5.41) is 4.00. The van der Waals surface area contributed by atoms with Gasteiger partial charge in [-0.3, -0.25) is 9.59 Å². The quantitative estimate of drug-likeness (QED) is 0.330. The second-order valence-electron chi connectivity index (χ2n) is 8.77. The van der Waals surface area contributed by atoms with Gasteiger partial charge in [-0.05, 0) is 59.0 Å². The Morgan fingerprint density at radius 2 is 1.80 bits per heavy atom. The Morgan fingerprint density at radius 1 is 1.09 bits per heavy atom. The average Bonchev–Trinajstić information content (AvgIpc) is 3.24. The van der Waals surface area contributed by atoms with Crippen molar-refractivity contribution in [3.05, 3.63) is 101 Å². The number of nitrogens with one attached hydrogen (secondary N) is 1. The normalized spacial score (nSPS) is 15.7. The molecule has 1 heterocycles. The minimum atomic E-state index is -0.291. The molecule has 180 valence electrons. The molecule has 1 aliphatic heterocycles. The molecule has 3 aromatic rings. The highest BCUT2D eigenvalue weighted by atomic mass is 32.2. The number of carbonyl (C=O) groups is 2. The molecule has 1 N–H and O–H groups in total. The zero-order valence-electron chi connectivity index (χ0n) is 19.9. The lowest BCUT2D eigenvalue weighted by atomic mass is 10.1. The molecule has 0 radical (unpaired) electrons. The van der Waals surface area contributed by atoms with E-state index < -0.39 is 0 Å². The van der Waals surface area contributed by atoms with Gasteiger partial charge in [-0.25, -0.2) is 5.43 Å². The van der Waals surface area contributed by atoms with Gasteiger partial charge in [0.25, 0.3) is 5.91 Å². The number of hydrogen-bond donors (Lipinski definition) is 1. The van der Waals surface area contributed by atoms with Gasteiger partial charge in [-0.15, -0.1) is 11.8 Å². The summed E-state index contributed by atoms with van der Waals surface area (Å²) in [7, 11) is 0. The summed E-state index contributed by atoms with van der Waals surface area (Å²) in [6.45, 7) is 5.45. The van der Waals surface area contributed by atoms with Crippen LogP contribution in [0.2, 0.25) is 0 Å². The first kappa shape index (κ1) is 24.5. The number of carbonyl (C=O) groups excluding carboxylic acids is 2. The lowest BCUT2D eigenvalue weighted by Gasteiger charge is -2.24. The molecule has 2 amide bonds. The van der Waals surface area contributed by atoms with E-state index in [2.05, 4.69) is 24.4 Å². The van der Waals surface area contributed by atoms with Crippen LogP contribution in [0.3, 0.4) is 0 Å². The molecule has 4 rings (SSSR count). The van der Waals surface area contributed by atoms with E-state index in [-0.39, 0.29) is 17.2 Å². The van der Waals surface area contributed by atoms with Crippen molar-refractivity contribution in [2.24, 2.45) is 11.0 Å². The zero-order chi connectivity index (χ0) is 24.6. The predicted octanol–water partition coefficient (Wildman–Crippen LogP) is 5.26. The monoisotopic (exact) mass is 487 g/mol. The first-order valence-corrected chi connectivity index (χ1v) is 12.7. The van der Waals surface area contributed by atoms with Gasteiger partial charge in [0.1, 0.15) is 11.1 Å². The van der Waals surface area contributed by atoms with Crippen LogP contribution < -0.4 is 10.2 Å². The SMILES string of the molecule is CC(C)COc1ccc(C=NNC(=O)c2ccc(C3SCC(=O)N3Cc3ccccc3)cc2)cc1. The Morgan fingerprint density at radius 3 is 2.49 bits per heavy atom. The van der Waals surface area contributed by atoms with Gasteiger partial charge in [0.15, 0.2) is 0 Å². The average molecular weight is 488 g/mol. The first-order chi connectivity index (χ1) is 17.0. The fourth-order valence-electron chi connectivity index (χ4n) is 3.62. The molecule has 1 aliphatic rings. The number of thioether (sulfide) groups is 1. The number of amides is 2. The fraction of sp³-hybridized carbons (Fsp3) is 0.250. The van der Waals surface area contributed by atoms with Crippen LogP contribution in [0, 0.1) is 5.92 Å². The molecular formula is C28H29N3O3S. The Kier molecular flexibility index (Phi) is 8.21. The van der Waals surface area contributed by atoms with Crippen molar-refractivity contribution < 1.29 is 14.3 Å². The largest absolute Gasteiger partial charge is 0.493 e. The molecule has 1 atom stereocenters. The molecule has 35 heavy (non-hydrogen) atoms. The van der Waals surface area contributed by atoms with Crippen molar-refractivity contribution >= 4 is 29.8 Å². The molecule has 0 saturated carbocycles. The Balaban J connectivity index is 1.33. The van der Waals surface area contributed by atoms with E-state index in [1.54, 1.807) is 30.1 Å². The molecule has 1 saturated heterocycles. The third-order valence-corrected chi connectivity index (χ3v) is 6.72. The van der Waals surface area contributed by atoms with Crippen molar-refractivity contribution in [2.75, 3.05) is 12.4 Å². The van der Waals surface area contributed by atoms with Crippen LogP contribution >= 0.6 is 11.8 Å². The summed E-state index contributed by atoms with van der Waals surface area (Å²) < 4.78 is 5.67. The van der Waals surface area contributed by atoms with Crippen molar-refractivity contribution in [1.29, 1.82) is 0 Å². The molecule has 1 unspecified atom stereocenters. The first-order valence-electron chi connectivity index (χ1n) is 11.6. The van der Waals surface area contributed by atoms with E-state index in [0.29, 0.717) is 30.4 Å². The maximum Gasteiger partial charge on any atom is 0.271 e. The molecule has 1 fully saturated rings. The number of benzene rings is 3. The van der Waals surface area contributed by atoms with Crippen LogP contribution in [0.25, 0.3) is 0 Å². The van der Waals surface area contributed by atoms with Crippen LogP contribution in [0.1, 0.15) is 46.3 Å². The van der Waals surface area contributed by atoms with Crippen molar-refractivity contribution in [3.8, 4) is 5.75 Å². The van der Waals surface area contributed by atoms with Gasteiger partial charge in [-0.1, -0.05) is 56.3 Å². The van der Waals surface area contributed by atoms with Crippen molar-refractivity contribution in [3.63, 3.8) is 0 Å². The standard InChI is InChI=1S/C28H29N3O3S/c1-20(2)18-34-25-14-8-21(9-15-25)16-29-30-27(33)23-10-12-24(13-11-23)28-31(26(32)19-35-28)17-22-6-4-3-5-7-22/h3-16,20,28H,17-19H2,1-2H3,(H,30,33). The number of hydrogen-bond acceptors (Lipinski definition) is 5. The minimum Gasteiger partial charge on any atom is -0.493 e. The number of rotatable bonds is 9.